The zero-order valence-corrected chi connectivity index (χ0v) is 26.4. The molecule has 0 fully saturated rings. The first-order valence-corrected chi connectivity index (χ1v) is 16.3. The van der Waals surface area contributed by atoms with E-state index in [-0.39, 0.29) is 23.1 Å². The van der Waals surface area contributed by atoms with Gasteiger partial charge < -0.3 is 26.8 Å². The number of unbranched alkanes of at least 4 members (excludes halogenated alkanes) is 5. The predicted octanol–water partition coefficient (Wildman–Crippen LogP) is 4.35. The number of halogens is 1. The van der Waals surface area contributed by atoms with Crippen molar-refractivity contribution in [3.05, 3.63) is 109 Å². The molecule has 0 aliphatic heterocycles. The van der Waals surface area contributed by atoms with Gasteiger partial charge in [0.25, 0.3) is 0 Å². The van der Waals surface area contributed by atoms with E-state index in [2.05, 4.69) is 53.4 Å². The third-order valence-electron chi connectivity index (χ3n) is 7.18. The standard InChI is InChI=1S/C34H35N4O3P.BrH/c39-42(40,41)26-12-4-2-1-3-11-23-38-24-21-28(22-25-38)27-17-19-31(20-18-27)34-36-32(29-13-7-5-8-14-29)35-33(37-34)30-15-9-6-10-16-30;/h5-10,13-22,24-25H,1-4,11-12,23,26H2,(H-,39,40,41);1H. The Balaban J connectivity index is 0.00000423. The molecule has 0 saturated heterocycles. The van der Waals surface area contributed by atoms with Crippen molar-refractivity contribution >= 4 is 7.60 Å². The van der Waals surface area contributed by atoms with Crippen molar-refractivity contribution in [2.75, 3.05) is 6.16 Å². The smallest absolute Gasteiger partial charge is 0.325 e. The fraction of sp³-hybridized carbons (Fsp3) is 0.235. The van der Waals surface area contributed by atoms with Crippen molar-refractivity contribution in [3.63, 3.8) is 0 Å². The Morgan fingerprint density at radius 1 is 0.512 bits per heavy atom. The highest BCUT2D eigenvalue weighted by molar-refractivity contribution is 7.51. The summed E-state index contributed by atoms with van der Waals surface area (Å²) < 4.78 is 13.1. The van der Waals surface area contributed by atoms with Gasteiger partial charge in [-0.2, -0.15) is 0 Å². The lowest BCUT2D eigenvalue weighted by Gasteiger charge is -2.09. The number of hydrogen-bond acceptors (Lipinski definition) is 4. The molecule has 0 bridgehead atoms. The van der Waals surface area contributed by atoms with Crippen LogP contribution < -0.4 is 21.5 Å². The third kappa shape index (κ3) is 9.73. The van der Waals surface area contributed by atoms with Crippen LogP contribution >= 0.6 is 7.60 Å². The lowest BCUT2D eigenvalue weighted by Crippen LogP contribution is -3.00. The average Bonchev–Trinajstić information content (AvgIpc) is 3.03. The summed E-state index contributed by atoms with van der Waals surface area (Å²) in [6.45, 7) is 0.953. The van der Waals surface area contributed by atoms with E-state index in [1.54, 1.807) is 0 Å². The molecule has 2 N–H and O–H groups in total. The molecule has 0 spiro atoms. The molecule has 43 heavy (non-hydrogen) atoms. The highest BCUT2D eigenvalue weighted by Gasteiger charge is 2.13. The van der Waals surface area contributed by atoms with Gasteiger partial charge in [0.2, 0.25) is 0 Å². The molecule has 0 aliphatic rings. The Hall–Kier alpha value is -3.55. The van der Waals surface area contributed by atoms with Crippen molar-refractivity contribution in [2.45, 2.75) is 45.1 Å². The Kier molecular flexibility index (Phi) is 11.9. The minimum absolute atomic E-state index is 0. The summed E-state index contributed by atoms with van der Waals surface area (Å²) in [5, 5.41) is 0. The first-order chi connectivity index (χ1) is 20.4. The van der Waals surface area contributed by atoms with Crippen molar-refractivity contribution in [1.82, 2.24) is 15.0 Å². The number of rotatable bonds is 13. The van der Waals surface area contributed by atoms with Gasteiger partial charge in [-0.25, -0.2) is 19.5 Å². The fourth-order valence-corrected chi connectivity index (χ4v) is 5.50. The SMILES string of the molecule is O=P(O)(O)CCCCCCCC[n+]1ccc(-c2ccc(-c3nc(-c4ccccc4)nc(-c4ccccc4)n3)cc2)cc1.[Br-]. The van der Waals surface area contributed by atoms with Gasteiger partial charge in [-0.1, -0.05) is 104 Å². The molecule has 5 aromatic rings. The van der Waals surface area contributed by atoms with Crippen LogP contribution in [0.15, 0.2) is 109 Å². The van der Waals surface area contributed by atoms with Crippen LogP contribution in [0.3, 0.4) is 0 Å². The molecule has 2 heterocycles. The molecule has 3 aromatic carbocycles. The summed E-state index contributed by atoms with van der Waals surface area (Å²) in [6.07, 6.45) is 10.0. The quantitative estimate of drug-likeness (QED) is 0.111. The summed E-state index contributed by atoms with van der Waals surface area (Å²) in [6, 6.07) is 32.6. The summed E-state index contributed by atoms with van der Waals surface area (Å²) >= 11 is 0. The Morgan fingerprint density at radius 2 is 0.907 bits per heavy atom. The van der Waals surface area contributed by atoms with Crippen LogP contribution in [0, 0.1) is 0 Å². The second-order valence-corrected chi connectivity index (χ2v) is 12.2. The van der Waals surface area contributed by atoms with Gasteiger partial charge in [-0.3, -0.25) is 4.57 Å². The van der Waals surface area contributed by atoms with Crippen LogP contribution in [0.1, 0.15) is 38.5 Å². The van der Waals surface area contributed by atoms with E-state index in [9.17, 15) is 4.57 Å². The van der Waals surface area contributed by atoms with Crippen LogP contribution in [-0.4, -0.2) is 30.9 Å². The number of aromatic nitrogens is 4. The van der Waals surface area contributed by atoms with Crippen LogP contribution in [0.25, 0.3) is 45.3 Å². The lowest BCUT2D eigenvalue weighted by atomic mass is 10.0. The van der Waals surface area contributed by atoms with Gasteiger partial charge >= 0.3 is 7.60 Å². The van der Waals surface area contributed by atoms with E-state index < -0.39 is 7.60 Å². The van der Waals surface area contributed by atoms with Crippen LogP contribution in [-0.2, 0) is 11.1 Å². The first-order valence-electron chi connectivity index (χ1n) is 14.5. The van der Waals surface area contributed by atoms with Crippen molar-refractivity contribution < 1.29 is 35.9 Å². The molecule has 222 valence electrons. The molecular formula is C34H36BrN4O3P. The lowest BCUT2D eigenvalue weighted by molar-refractivity contribution is -0.697. The van der Waals surface area contributed by atoms with E-state index in [0.717, 1.165) is 66.5 Å². The highest BCUT2D eigenvalue weighted by Crippen LogP contribution is 2.35. The Labute approximate surface area is 263 Å². The van der Waals surface area contributed by atoms with Gasteiger partial charge in [0.15, 0.2) is 29.9 Å². The third-order valence-corrected chi connectivity index (χ3v) is 8.08. The Bertz CT molecular complexity index is 1560. The maximum atomic E-state index is 10.9. The van der Waals surface area contributed by atoms with E-state index in [4.69, 9.17) is 24.7 Å². The monoisotopic (exact) mass is 658 g/mol. The molecule has 0 aliphatic carbocycles. The summed E-state index contributed by atoms with van der Waals surface area (Å²) in [5.74, 6) is 1.94. The molecule has 5 rings (SSSR count). The fourth-order valence-electron chi connectivity index (χ4n) is 4.87. The van der Waals surface area contributed by atoms with Crippen molar-refractivity contribution in [2.24, 2.45) is 0 Å². The highest BCUT2D eigenvalue weighted by atomic mass is 79.9. The summed E-state index contributed by atoms with van der Waals surface area (Å²) in [4.78, 5) is 32.3. The van der Waals surface area contributed by atoms with Gasteiger partial charge in [-0.05, 0) is 24.0 Å². The van der Waals surface area contributed by atoms with Crippen LogP contribution in [0.5, 0.6) is 0 Å². The van der Waals surface area contributed by atoms with E-state index in [1.807, 2.05) is 60.7 Å². The molecule has 0 radical (unpaired) electrons. The van der Waals surface area contributed by atoms with Gasteiger partial charge in [0.1, 0.15) is 6.54 Å². The maximum Gasteiger partial charge on any atom is 0.325 e. The molecule has 0 saturated carbocycles. The van der Waals surface area contributed by atoms with Gasteiger partial charge in [-0.15, -0.1) is 0 Å². The number of nitrogens with zero attached hydrogens (tertiary/aromatic N) is 4. The number of hydrogen-bond donors (Lipinski definition) is 2. The van der Waals surface area contributed by atoms with Gasteiger partial charge in [0, 0.05) is 41.4 Å². The molecule has 0 atom stereocenters. The average molecular weight is 660 g/mol. The second-order valence-electron chi connectivity index (χ2n) is 10.4. The molecule has 0 unspecified atom stereocenters. The van der Waals surface area contributed by atoms with Crippen LogP contribution in [0.4, 0.5) is 0 Å². The largest absolute Gasteiger partial charge is 1.00 e. The topological polar surface area (TPSA) is 100 Å². The molecule has 0 amide bonds. The zero-order chi connectivity index (χ0) is 29.2. The van der Waals surface area contributed by atoms with Crippen LogP contribution in [0.2, 0.25) is 0 Å². The minimum atomic E-state index is -3.85. The second kappa shape index (κ2) is 15.8. The van der Waals surface area contributed by atoms with Crippen molar-refractivity contribution in [1.29, 1.82) is 0 Å². The van der Waals surface area contributed by atoms with E-state index in [0.29, 0.717) is 23.9 Å². The summed E-state index contributed by atoms with van der Waals surface area (Å²) in [5.41, 5.74) is 5.11. The predicted molar refractivity (Wildman–Crippen MR) is 166 cm³/mol. The number of aryl methyl sites for hydroxylation is 1. The first kappa shape index (κ1) is 32.4. The molecule has 2 aromatic heterocycles. The normalized spacial score (nSPS) is 11.2. The summed E-state index contributed by atoms with van der Waals surface area (Å²) in [7, 11) is -3.85. The van der Waals surface area contributed by atoms with E-state index in [1.165, 1.54) is 0 Å². The number of pyridine rings is 1. The van der Waals surface area contributed by atoms with E-state index >= 15 is 0 Å². The zero-order valence-electron chi connectivity index (χ0n) is 24.0. The number of benzene rings is 3. The maximum absolute atomic E-state index is 10.9. The Morgan fingerprint density at radius 3 is 1.40 bits per heavy atom. The van der Waals surface area contributed by atoms with Gasteiger partial charge in [0.05, 0.1) is 0 Å². The molecule has 9 heteroatoms. The minimum Gasteiger partial charge on any atom is -1.00 e. The molecule has 7 nitrogen and oxygen atoms in total. The molecular weight excluding hydrogens is 623 g/mol. The van der Waals surface area contributed by atoms with Crippen molar-refractivity contribution in [3.8, 4) is 45.3 Å².